The fraction of sp³-hybridized carbons (Fsp3) is 0.500. The molecular formula is C14H19ClN2O. The number of benzene rings is 1. The van der Waals surface area contributed by atoms with E-state index in [4.69, 9.17) is 22.1 Å². The van der Waals surface area contributed by atoms with Crippen molar-refractivity contribution in [2.45, 2.75) is 33.7 Å². The second kappa shape index (κ2) is 5.17. The van der Waals surface area contributed by atoms with E-state index >= 15 is 0 Å². The molecule has 98 valence electrons. The van der Waals surface area contributed by atoms with Crippen LogP contribution >= 0.6 is 11.6 Å². The molecule has 0 saturated carbocycles. The van der Waals surface area contributed by atoms with Crippen LogP contribution in [-0.2, 0) is 0 Å². The number of aryl methyl sites for hydroxylation is 1. The molecule has 1 rings (SSSR count). The van der Waals surface area contributed by atoms with E-state index in [1.807, 2.05) is 33.8 Å². The summed E-state index contributed by atoms with van der Waals surface area (Å²) in [4.78, 5) is 0. The molecule has 2 N–H and O–H groups in total. The van der Waals surface area contributed by atoms with E-state index in [9.17, 15) is 5.26 Å². The van der Waals surface area contributed by atoms with Crippen molar-refractivity contribution >= 4 is 11.6 Å². The van der Waals surface area contributed by atoms with Gasteiger partial charge in [-0.3, -0.25) is 0 Å². The molecular weight excluding hydrogens is 248 g/mol. The summed E-state index contributed by atoms with van der Waals surface area (Å²) in [7, 11) is 1.59. The quantitative estimate of drug-likeness (QED) is 0.911. The highest BCUT2D eigenvalue weighted by Gasteiger charge is 2.31. The van der Waals surface area contributed by atoms with E-state index in [2.05, 4.69) is 6.07 Å². The zero-order valence-corrected chi connectivity index (χ0v) is 12.2. The number of hydrogen-bond donors (Lipinski definition) is 1. The maximum atomic E-state index is 9.20. The molecule has 0 amide bonds. The molecule has 0 aromatic heterocycles. The van der Waals surface area contributed by atoms with Crippen molar-refractivity contribution in [3.05, 3.63) is 27.8 Å². The minimum Gasteiger partial charge on any atom is -0.496 e. The van der Waals surface area contributed by atoms with Gasteiger partial charge < -0.3 is 10.5 Å². The van der Waals surface area contributed by atoms with Crippen LogP contribution in [0.25, 0.3) is 0 Å². The van der Waals surface area contributed by atoms with Gasteiger partial charge in [0.05, 0.1) is 24.6 Å². The minimum atomic E-state index is -0.684. The lowest BCUT2D eigenvalue weighted by Gasteiger charge is -2.28. The van der Waals surface area contributed by atoms with E-state index in [-0.39, 0.29) is 0 Å². The Kier molecular flexibility index (Phi) is 4.26. The lowest BCUT2D eigenvalue weighted by atomic mass is 9.80. The standard InChI is InChI=1S/C14H19ClN2O/c1-8-6-10(18-5)11(9(2)12(8)15)13(17)14(3,4)7-16/h6,13H,17H2,1-5H3. The minimum absolute atomic E-state index is 0.449. The van der Waals surface area contributed by atoms with Gasteiger partial charge in [0.15, 0.2) is 0 Å². The lowest BCUT2D eigenvalue weighted by molar-refractivity contribution is 0.361. The molecule has 1 unspecified atom stereocenters. The summed E-state index contributed by atoms with van der Waals surface area (Å²) in [5.41, 5.74) is 8.16. The highest BCUT2D eigenvalue weighted by molar-refractivity contribution is 6.32. The molecule has 3 nitrogen and oxygen atoms in total. The van der Waals surface area contributed by atoms with Crippen molar-refractivity contribution in [1.82, 2.24) is 0 Å². The van der Waals surface area contributed by atoms with Crippen molar-refractivity contribution in [3.8, 4) is 11.8 Å². The third kappa shape index (κ3) is 2.45. The maximum absolute atomic E-state index is 9.20. The molecule has 4 heteroatoms. The number of methoxy groups -OCH3 is 1. The first kappa shape index (κ1) is 14.8. The molecule has 0 aliphatic heterocycles. The topological polar surface area (TPSA) is 59.0 Å². The van der Waals surface area contributed by atoms with Gasteiger partial charge in [-0.1, -0.05) is 11.6 Å². The van der Waals surface area contributed by atoms with Crippen LogP contribution in [0.1, 0.15) is 36.6 Å². The van der Waals surface area contributed by atoms with Crippen LogP contribution in [0.2, 0.25) is 5.02 Å². The van der Waals surface area contributed by atoms with Crippen LogP contribution in [-0.4, -0.2) is 7.11 Å². The summed E-state index contributed by atoms with van der Waals surface area (Å²) >= 11 is 6.26. The van der Waals surface area contributed by atoms with Crippen LogP contribution in [0.5, 0.6) is 5.75 Å². The Morgan fingerprint density at radius 1 is 1.44 bits per heavy atom. The van der Waals surface area contributed by atoms with Gasteiger partial charge >= 0.3 is 0 Å². The number of rotatable bonds is 3. The Balaban J connectivity index is 3.50. The Labute approximate surface area is 114 Å². The van der Waals surface area contributed by atoms with Crippen molar-refractivity contribution in [2.75, 3.05) is 7.11 Å². The second-order valence-electron chi connectivity index (χ2n) is 5.06. The molecule has 0 radical (unpaired) electrons. The largest absolute Gasteiger partial charge is 0.496 e. The van der Waals surface area contributed by atoms with Gasteiger partial charge in [-0.05, 0) is 44.9 Å². The number of halogens is 1. The Morgan fingerprint density at radius 3 is 2.44 bits per heavy atom. The molecule has 1 aromatic carbocycles. The van der Waals surface area contributed by atoms with Gasteiger partial charge in [-0.25, -0.2) is 0 Å². The van der Waals surface area contributed by atoms with Crippen LogP contribution in [0.15, 0.2) is 6.07 Å². The number of nitrogens with two attached hydrogens (primary N) is 1. The summed E-state index contributed by atoms with van der Waals surface area (Å²) in [5.74, 6) is 0.685. The summed E-state index contributed by atoms with van der Waals surface area (Å²) < 4.78 is 5.37. The van der Waals surface area contributed by atoms with E-state index in [0.717, 1.165) is 16.7 Å². The number of nitriles is 1. The van der Waals surface area contributed by atoms with E-state index in [0.29, 0.717) is 10.8 Å². The van der Waals surface area contributed by atoms with Crippen molar-refractivity contribution < 1.29 is 4.74 Å². The predicted octanol–water partition coefficient (Wildman–Crippen LogP) is 3.52. The second-order valence-corrected chi connectivity index (χ2v) is 5.44. The number of hydrogen-bond acceptors (Lipinski definition) is 3. The maximum Gasteiger partial charge on any atom is 0.124 e. The first-order chi connectivity index (χ1) is 8.26. The Bertz CT molecular complexity index is 503. The molecule has 0 aliphatic rings. The number of ether oxygens (including phenoxy) is 1. The third-order valence-corrected chi connectivity index (χ3v) is 3.87. The molecule has 1 aromatic rings. The summed E-state index contributed by atoms with van der Waals surface area (Å²) in [6, 6.07) is 3.64. The Morgan fingerprint density at radius 2 is 2.00 bits per heavy atom. The van der Waals surface area contributed by atoms with Crippen LogP contribution < -0.4 is 10.5 Å². The monoisotopic (exact) mass is 266 g/mol. The third-order valence-electron chi connectivity index (χ3n) is 3.29. The lowest BCUT2D eigenvalue weighted by Crippen LogP contribution is -2.29. The molecule has 0 spiro atoms. The molecule has 0 bridgehead atoms. The zero-order valence-electron chi connectivity index (χ0n) is 11.5. The van der Waals surface area contributed by atoms with E-state index < -0.39 is 11.5 Å². The molecule has 0 saturated heterocycles. The van der Waals surface area contributed by atoms with Crippen molar-refractivity contribution in [1.29, 1.82) is 5.26 Å². The molecule has 0 aliphatic carbocycles. The van der Waals surface area contributed by atoms with Crippen LogP contribution in [0.4, 0.5) is 0 Å². The van der Waals surface area contributed by atoms with Gasteiger partial charge in [0.25, 0.3) is 0 Å². The highest BCUT2D eigenvalue weighted by atomic mass is 35.5. The fourth-order valence-corrected chi connectivity index (χ4v) is 2.08. The smallest absolute Gasteiger partial charge is 0.124 e. The first-order valence-electron chi connectivity index (χ1n) is 5.76. The molecule has 18 heavy (non-hydrogen) atoms. The Hall–Kier alpha value is -1.24. The molecule has 0 fully saturated rings. The van der Waals surface area contributed by atoms with Gasteiger partial charge in [-0.2, -0.15) is 5.26 Å². The fourth-order valence-electron chi connectivity index (χ4n) is 1.92. The van der Waals surface area contributed by atoms with Gasteiger partial charge in [-0.15, -0.1) is 0 Å². The van der Waals surface area contributed by atoms with Crippen molar-refractivity contribution in [3.63, 3.8) is 0 Å². The summed E-state index contributed by atoms with van der Waals surface area (Å²) in [5, 5.41) is 9.88. The number of nitrogens with zero attached hydrogens (tertiary/aromatic N) is 1. The summed E-state index contributed by atoms with van der Waals surface area (Å²) in [6.07, 6.45) is 0. The van der Waals surface area contributed by atoms with Crippen LogP contribution in [0.3, 0.4) is 0 Å². The predicted molar refractivity (Wildman–Crippen MR) is 73.8 cm³/mol. The zero-order chi connectivity index (χ0) is 14.1. The van der Waals surface area contributed by atoms with Gasteiger partial charge in [0.1, 0.15) is 5.75 Å². The van der Waals surface area contributed by atoms with E-state index in [1.54, 1.807) is 7.11 Å². The average molecular weight is 267 g/mol. The normalized spacial score (nSPS) is 13.0. The van der Waals surface area contributed by atoms with E-state index in [1.165, 1.54) is 0 Å². The first-order valence-corrected chi connectivity index (χ1v) is 6.14. The summed E-state index contributed by atoms with van der Waals surface area (Å²) in [6.45, 7) is 7.44. The molecule has 0 heterocycles. The SMILES string of the molecule is COc1cc(C)c(Cl)c(C)c1C(N)C(C)(C)C#N. The van der Waals surface area contributed by atoms with Crippen LogP contribution in [0, 0.1) is 30.6 Å². The van der Waals surface area contributed by atoms with Gasteiger partial charge in [0.2, 0.25) is 0 Å². The van der Waals surface area contributed by atoms with Crippen molar-refractivity contribution in [2.24, 2.45) is 11.1 Å². The van der Waals surface area contributed by atoms with Gasteiger partial charge in [0, 0.05) is 10.6 Å². The molecule has 1 atom stereocenters. The highest BCUT2D eigenvalue weighted by Crippen LogP contribution is 2.41. The average Bonchev–Trinajstić information content (AvgIpc) is 2.34.